The first-order valence-electron chi connectivity index (χ1n) is 7.96. The van der Waals surface area contributed by atoms with Crippen molar-refractivity contribution in [2.45, 2.75) is 45.2 Å². The Morgan fingerprint density at radius 3 is 2.46 bits per heavy atom. The number of hydrogen-bond donors (Lipinski definition) is 2. The number of alkyl halides is 3. The van der Waals surface area contributed by atoms with Crippen LogP contribution in [0.1, 0.15) is 25.8 Å². The maximum Gasteiger partial charge on any atom is 0.216 e. The van der Waals surface area contributed by atoms with E-state index in [0.717, 1.165) is 5.56 Å². The summed E-state index contributed by atoms with van der Waals surface area (Å²) in [5.74, 6) is 0.360. The summed E-state index contributed by atoms with van der Waals surface area (Å²) in [6.07, 6.45) is -4.13. The lowest BCUT2D eigenvalue weighted by molar-refractivity contribution is -0.119. The molecular weight excluding hydrogens is 321 g/mol. The molecule has 0 radical (unpaired) electrons. The lowest BCUT2D eigenvalue weighted by atomic mass is 10.2. The monoisotopic (exact) mass is 346 g/mol. The van der Waals surface area contributed by atoms with Gasteiger partial charge in [-0.05, 0) is 24.6 Å². The highest BCUT2D eigenvalue weighted by Crippen LogP contribution is 2.15. The zero-order chi connectivity index (χ0) is 17.9. The summed E-state index contributed by atoms with van der Waals surface area (Å²) < 4.78 is 43.6. The molecule has 1 aromatic rings. The van der Waals surface area contributed by atoms with E-state index in [0.29, 0.717) is 18.8 Å². The van der Waals surface area contributed by atoms with Gasteiger partial charge in [0.05, 0.1) is 6.67 Å². The van der Waals surface area contributed by atoms with E-state index in [2.05, 4.69) is 10.6 Å². The first kappa shape index (κ1) is 20.3. The Balaban J connectivity index is 2.33. The summed E-state index contributed by atoms with van der Waals surface area (Å²) in [4.78, 5) is 10.8. The van der Waals surface area contributed by atoms with E-state index in [-0.39, 0.29) is 11.9 Å². The summed E-state index contributed by atoms with van der Waals surface area (Å²) in [6.45, 7) is 3.25. The van der Waals surface area contributed by atoms with Gasteiger partial charge in [0.15, 0.2) is 6.17 Å². The maximum atomic E-state index is 13.4. The van der Waals surface area contributed by atoms with E-state index >= 15 is 0 Å². The van der Waals surface area contributed by atoms with Crippen LogP contribution >= 0.6 is 0 Å². The molecule has 0 bridgehead atoms. The number of nitrogens with one attached hydrogen (secondary N) is 2. The Bertz CT molecular complexity index is 485. The number of halogens is 3. The summed E-state index contributed by atoms with van der Waals surface area (Å²) in [7, 11) is 0. The second-order valence-electron chi connectivity index (χ2n) is 5.68. The van der Waals surface area contributed by atoms with Gasteiger partial charge >= 0.3 is 0 Å². The highest BCUT2D eigenvalue weighted by molar-refractivity contribution is 5.72. The van der Waals surface area contributed by atoms with Gasteiger partial charge in [0.2, 0.25) is 5.91 Å². The number of ether oxygens (including phenoxy) is 1. The Hall–Kier alpha value is -1.76. The average molecular weight is 346 g/mol. The quantitative estimate of drug-likeness (QED) is 0.648. The zero-order valence-corrected chi connectivity index (χ0v) is 14.0. The molecule has 7 heteroatoms. The topological polar surface area (TPSA) is 50.4 Å². The average Bonchev–Trinajstić information content (AvgIpc) is 2.57. The van der Waals surface area contributed by atoms with Gasteiger partial charge in [-0.3, -0.25) is 9.18 Å². The number of carbonyl (C=O) groups excluding carboxylic acids is 1. The molecule has 0 aliphatic carbocycles. The van der Waals surface area contributed by atoms with E-state index in [4.69, 9.17) is 4.74 Å². The van der Waals surface area contributed by atoms with Crippen LogP contribution in [-0.4, -0.2) is 44.1 Å². The van der Waals surface area contributed by atoms with Crippen molar-refractivity contribution in [3.8, 4) is 5.75 Å². The van der Waals surface area contributed by atoms with Gasteiger partial charge in [0, 0.05) is 32.5 Å². The molecule has 1 rings (SSSR count). The van der Waals surface area contributed by atoms with Crippen LogP contribution in [-0.2, 0) is 11.3 Å². The fourth-order valence-electron chi connectivity index (χ4n) is 1.93. The van der Waals surface area contributed by atoms with Crippen LogP contribution in [0.4, 0.5) is 13.2 Å². The molecule has 0 saturated heterocycles. The van der Waals surface area contributed by atoms with Crippen molar-refractivity contribution in [1.29, 1.82) is 0 Å². The summed E-state index contributed by atoms with van der Waals surface area (Å²) in [5.41, 5.74) is 0.995. The summed E-state index contributed by atoms with van der Waals surface area (Å²) in [5, 5.41) is 5.98. The normalized spacial score (nSPS) is 14.7. The molecule has 0 saturated carbocycles. The highest BCUT2D eigenvalue weighted by atomic mass is 19.2. The minimum absolute atomic E-state index is 0.0710. The SMILES string of the molecule is CC(=O)NCC(C)NCc1ccc(OCC(F)C(F)CCF)cc1. The van der Waals surface area contributed by atoms with Crippen LogP contribution < -0.4 is 15.4 Å². The van der Waals surface area contributed by atoms with E-state index in [1.54, 1.807) is 12.1 Å². The third kappa shape index (κ3) is 8.19. The maximum absolute atomic E-state index is 13.4. The van der Waals surface area contributed by atoms with Crippen molar-refractivity contribution in [3.05, 3.63) is 29.8 Å². The van der Waals surface area contributed by atoms with Crippen LogP contribution in [0.25, 0.3) is 0 Å². The number of hydrogen-bond acceptors (Lipinski definition) is 3. The minimum atomic E-state index is -1.84. The molecule has 1 amide bonds. The fourth-order valence-corrected chi connectivity index (χ4v) is 1.93. The van der Waals surface area contributed by atoms with E-state index in [1.165, 1.54) is 6.92 Å². The van der Waals surface area contributed by atoms with Crippen molar-refractivity contribution in [2.24, 2.45) is 0 Å². The molecular formula is C17H25F3N2O2. The van der Waals surface area contributed by atoms with Crippen LogP contribution in [0.2, 0.25) is 0 Å². The first-order chi connectivity index (χ1) is 11.4. The second kappa shape index (κ2) is 10.9. The predicted octanol–water partition coefficient (Wildman–Crippen LogP) is 2.72. The Labute approximate surface area is 140 Å². The molecule has 0 spiro atoms. The van der Waals surface area contributed by atoms with Gasteiger partial charge in [-0.1, -0.05) is 12.1 Å². The molecule has 0 aromatic heterocycles. The van der Waals surface area contributed by atoms with E-state index in [1.807, 2.05) is 19.1 Å². The molecule has 0 aliphatic rings. The molecule has 24 heavy (non-hydrogen) atoms. The molecule has 3 unspecified atom stereocenters. The van der Waals surface area contributed by atoms with Crippen molar-refractivity contribution in [3.63, 3.8) is 0 Å². The van der Waals surface area contributed by atoms with Gasteiger partial charge in [-0.15, -0.1) is 0 Å². The number of benzene rings is 1. The molecule has 0 fully saturated rings. The van der Waals surface area contributed by atoms with E-state index < -0.39 is 32.0 Å². The third-order valence-electron chi connectivity index (χ3n) is 3.42. The second-order valence-corrected chi connectivity index (χ2v) is 5.68. The molecule has 0 aliphatic heterocycles. The van der Waals surface area contributed by atoms with Crippen molar-refractivity contribution < 1.29 is 22.7 Å². The largest absolute Gasteiger partial charge is 0.490 e. The van der Waals surface area contributed by atoms with Gasteiger partial charge in [-0.2, -0.15) is 0 Å². The summed E-state index contributed by atoms with van der Waals surface area (Å²) >= 11 is 0. The molecule has 2 N–H and O–H groups in total. The van der Waals surface area contributed by atoms with Gasteiger partial charge in [-0.25, -0.2) is 8.78 Å². The van der Waals surface area contributed by atoms with Crippen LogP contribution in [0, 0.1) is 0 Å². The van der Waals surface area contributed by atoms with Gasteiger partial charge < -0.3 is 15.4 Å². The van der Waals surface area contributed by atoms with Gasteiger partial charge in [0.1, 0.15) is 18.5 Å². The molecule has 4 nitrogen and oxygen atoms in total. The smallest absolute Gasteiger partial charge is 0.216 e. The lowest BCUT2D eigenvalue weighted by Gasteiger charge is -2.15. The Morgan fingerprint density at radius 1 is 1.21 bits per heavy atom. The Morgan fingerprint density at radius 2 is 1.88 bits per heavy atom. The number of rotatable bonds is 11. The molecule has 1 aromatic carbocycles. The van der Waals surface area contributed by atoms with Crippen molar-refractivity contribution in [1.82, 2.24) is 10.6 Å². The van der Waals surface area contributed by atoms with Gasteiger partial charge in [0.25, 0.3) is 0 Å². The minimum Gasteiger partial charge on any atom is -0.490 e. The van der Waals surface area contributed by atoms with E-state index in [9.17, 15) is 18.0 Å². The predicted molar refractivity (Wildman–Crippen MR) is 87.3 cm³/mol. The first-order valence-corrected chi connectivity index (χ1v) is 7.96. The van der Waals surface area contributed by atoms with Crippen LogP contribution in [0.5, 0.6) is 5.75 Å². The highest BCUT2D eigenvalue weighted by Gasteiger charge is 2.20. The standard InChI is InChI=1S/C17H25F3N2O2/c1-12(9-22-13(2)23)21-10-14-3-5-15(6-4-14)24-11-17(20)16(19)7-8-18/h3-6,12,16-17,21H,7-11H2,1-2H3,(H,22,23). The fraction of sp³-hybridized carbons (Fsp3) is 0.588. The lowest BCUT2D eigenvalue weighted by Crippen LogP contribution is -2.37. The Kier molecular flexibility index (Phi) is 9.22. The third-order valence-corrected chi connectivity index (χ3v) is 3.42. The number of amides is 1. The van der Waals surface area contributed by atoms with Crippen molar-refractivity contribution >= 4 is 5.91 Å². The zero-order valence-electron chi connectivity index (χ0n) is 14.0. The molecule has 0 heterocycles. The van der Waals surface area contributed by atoms with Crippen molar-refractivity contribution in [2.75, 3.05) is 19.8 Å². The van der Waals surface area contributed by atoms with Crippen LogP contribution in [0.15, 0.2) is 24.3 Å². The molecule has 3 atom stereocenters. The van der Waals surface area contributed by atoms with Crippen LogP contribution in [0.3, 0.4) is 0 Å². The number of carbonyl (C=O) groups is 1. The summed E-state index contributed by atoms with van der Waals surface area (Å²) in [6, 6.07) is 7.09. The molecule has 136 valence electrons.